The summed E-state index contributed by atoms with van der Waals surface area (Å²) in [5.41, 5.74) is 0.123. The second kappa shape index (κ2) is 5.55. The van der Waals surface area contributed by atoms with E-state index >= 15 is 0 Å². The smallest absolute Gasteiger partial charge is 0.363 e. The van der Waals surface area contributed by atoms with Crippen molar-refractivity contribution in [3.63, 3.8) is 0 Å². The van der Waals surface area contributed by atoms with E-state index in [9.17, 15) is 9.18 Å². The van der Waals surface area contributed by atoms with Crippen molar-refractivity contribution in [1.82, 2.24) is 4.98 Å². The highest BCUT2D eigenvalue weighted by Crippen LogP contribution is 2.30. The first-order valence-corrected chi connectivity index (χ1v) is 7.21. The van der Waals surface area contributed by atoms with Gasteiger partial charge < -0.3 is 4.74 Å². The number of carbonyl (C=O) groups is 1. The number of esters is 1. The fourth-order valence-corrected chi connectivity index (χ4v) is 2.96. The van der Waals surface area contributed by atoms with Crippen molar-refractivity contribution in [3.8, 4) is 0 Å². The molecule has 21 heavy (non-hydrogen) atoms. The molecule has 1 aliphatic rings. The number of cyclic esters (lactones) is 1. The SMILES string of the molecule is O=C1OC(c2ccccc2F)=N/C1=C\c1sc(Cl)nc1Cl. The summed E-state index contributed by atoms with van der Waals surface area (Å²) >= 11 is 12.7. The lowest BCUT2D eigenvalue weighted by atomic mass is 10.2. The van der Waals surface area contributed by atoms with Crippen LogP contribution in [0.4, 0.5) is 4.39 Å². The zero-order chi connectivity index (χ0) is 15.0. The van der Waals surface area contributed by atoms with Crippen molar-refractivity contribution in [3.05, 3.63) is 55.8 Å². The summed E-state index contributed by atoms with van der Waals surface area (Å²) in [7, 11) is 0. The Kier molecular flexibility index (Phi) is 3.75. The number of nitrogens with zero attached hydrogens (tertiary/aromatic N) is 2. The molecule has 1 aliphatic heterocycles. The molecule has 3 rings (SSSR count). The van der Waals surface area contributed by atoms with E-state index in [4.69, 9.17) is 27.9 Å². The summed E-state index contributed by atoms with van der Waals surface area (Å²) in [6.07, 6.45) is 1.40. The van der Waals surface area contributed by atoms with Gasteiger partial charge in [0.2, 0.25) is 5.90 Å². The Morgan fingerprint density at radius 1 is 1.29 bits per heavy atom. The molecule has 2 aromatic rings. The van der Waals surface area contributed by atoms with Gasteiger partial charge in [0.15, 0.2) is 10.2 Å². The number of aromatic nitrogens is 1. The predicted molar refractivity (Wildman–Crippen MR) is 79.1 cm³/mol. The second-order valence-electron chi connectivity index (χ2n) is 3.94. The molecule has 2 heterocycles. The zero-order valence-electron chi connectivity index (χ0n) is 10.1. The molecule has 0 saturated carbocycles. The molecule has 8 heteroatoms. The van der Waals surface area contributed by atoms with E-state index in [0.717, 1.165) is 11.3 Å². The first-order chi connectivity index (χ1) is 10.0. The predicted octanol–water partition coefficient (Wildman–Crippen LogP) is 3.93. The number of aliphatic imine (C=N–C) groups is 1. The highest BCUT2D eigenvalue weighted by Gasteiger charge is 2.26. The van der Waals surface area contributed by atoms with Gasteiger partial charge in [-0.05, 0) is 18.2 Å². The van der Waals surface area contributed by atoms with Gasteiger partial charge in [-0.1, -0.05) is 35.3 Å². The monoisotopic (exact) mass is 342 g/mol. The van der Waals surface area contributed by atoms with Crippen LogP contribution in [0.15, 0.2) is 35.0 Å². The van der Waals surface area contributed by atoms with Crippen LogP contribution < -0.4 is 0 Å². The molecule has 0 fully saturated rings. The summed E-state index contributed by atoms with van der Waals surface area (Å²) in [5, 5.41) is 0.167. The van der Waals surface area contributed by atoms with Gasteiger partial charge >= 0.3 is 5.97 Å². The van der Waals surface area contributed by atoms with Crippen molar-refractivity contribution in [1.29, 1.82) is 0 Å². The first kappa shape index (κ1) is 14.2. The number of rotatable bonds is 2. The third-order valence-electron chi connectivity index (χ3n) is 2.58. The van der Waals surface area contributed by atoms with Gasteiger partial charge in [-0.25, -0.2) is 19.2 Å². The highest BCUT2D eigenvalue weighted by molar-refractivity contribution is 7.17. The lowest BCUT2D eigenvalue weighted by Gasteiger charge is -1.99. The lowest BCUT2D eigenvalue weighted by Crippen LogP contribution is -2.07. The number of hydrogen-bond acceptors (Lipinski definition) is 5. The molecule has 4 nitrogen and oxygen atoms in total. The second-order valence-corrected chi connectivity index (χ2v) is 5.91. The van der Waals surface area contributed by atoms with Crippen molar-refractivity contribution in [2.24, 2.45) is 4.99 Å². The molecular weight excluding hydrogens is 338 g/mol. The van der Waals surface area contributed by atoms with E-state index in [2.05, 4.69) is 9.98 Å². The Bertz CT molecular complexity index is 801. The van der Waals surface area contributed by atoms with Gasteiger partial charge in [0.25, 0.3) is 0 Å². The van der Waals surface area contributed by atoms with Gasteiger partial charge in [-0.15, -0.1) is 11.3 Å². The van der Waals surface area contributed by atoms with Crippen LogP contribution in [0.5, 0.6) is 0 Å². The van der Waals surface area contributed by atoms with Crippen molar-refractivity contribution >= 4 is 52.5 Å². The average molecular weight is 343 g/mol. The van der Waals surface area contributed by atoms with Crippen molar-refractivity contribution in [2.75, 3.05) is 0 Å². The quantitative estimate of drug-likeness (QED) is 0.613. The van der Waals surface area contributed by atoms with E-state index in [-0.39, 0.29) is 26.8 Å². The molecule has 1 aromatic heterocycles. The molecule has 0 N–H and O–H groups in total. The highest BCUT2D eigenvalue weighted by atomic mass is 35.5. The Hall–Kier alpha value is -1.76. The molecule has 0 amide bonds. The number of halogens is 3. The molecule has 106 valence electrons. The molecule has 0 saturated heterocycles. The van der Waals surface area contributed by atoms with Crippen LogP contribution >= 0.6 is 34.5 Å². The normalized spacial score (nSPS) is 16.2. The zero-order valence-corrected chi connectivity index (χ0v) is 12.5. The van der Waals surface area contributed by atoms with E-state index in [0.29, 0.717) is 4.88 Å². The van der Waals surface area contributed by atoms with E-state index in [1.54, 1.807) is 6.07 Å². The number of hydrogen-bond donors (Lipinski definition) is 0. The van der Waals surface area contributed by atoms with Crippen LogP contribution in [0, 0.1) is 5.82 Å². The minimum Gasteiger partial charge on any atom is -0.402 e. The molecule has 0 aliphatic carbocycles. The fraction of sp³-hybridized carbons (Fsp3) is 0. The van der Waals surface area contributed by atoms with Crippen LogP contribution in [-0.4, -0.2) is 16.9 Å². The van der Waals surface area contributed by atoms with Crippen molar-refractivity contribution in [2.45, 2.75) is 0 Å². The van der Waals surface area contributed by atoms with Crippen LogP contribution in [0.25, 0.3) is 6.08 Å². The first-order valence-electron chi connectivity index (χ1n) is 5.64. The van der Waals surface area contributed by atoms with E-state index in [1.807, 2.05) is 0 Å². The van der Waals surface area contributed by atoms with Gasteiger partial charge in [-0.3, -0.25) is 0 Å². The molecule has 1 aromatic carbocycles. The molecule has 0 radical (unpaired) electrons. The minimum absolute atomic E-state index is 0.00969. The van der Waals surface area contributed by atoms with E-state index in [1.165, 1.54) is 24.3 Å². The summed E-state index contributed by atoms with van der Waals surface area (Å²) in [6, 6.07) is 5.89. The Balaban J connectivity index is 2.00. The Morgan fingerprint density at radius 2 is 2.05 bits per heavy atom. The third-order valence-corrected chi connectivity index (χ3v) is 4.08. The topological polar surface area (TPSA) is 51.5 Å². The van der Waals surface area contributed by atoms with Gasteiger partial charge in [0, 0.05) is 0 Å². The maximum atomic E-state index is 13.7. The Labute approximate surface area is 132 Å². The number of ether oxygens (including phenoxy) is 1. The third kappa shape index (κ3) is 2.83. The molecule has 0 unspecified atom stereocenters. The molecular formula is C13H5Cl2FN2O2S. The average Bonchev–Trinajstić information content (AvgIpc) is 2.94. The van der Waals surface area contributed by atoms with Crippen LogP contribution in [0.1, 0.15) is 10.4 Å². The number of benzene rings is 1. The van der Waals surface area contributed by atoms with E-state index < -0.39 is 11.8 Å². The Morgan fingerprint density at radius 3 is 2.71 bits per heavy atom. The van der Waals surface area contributed by atoms with Gasteiger partial charge in [-0.2, -0.15) is 0 Å². The summed E-state index contributed by atoms with van der Waals surface area (Å²) in [4.78, 5) is 20.1. The number of thiazole rings is 1. The molecule has 0 spiro atoms. The van der Waals surface area contributed by atoms with Crippen LogP contribution in [0.3, 0.4) is 0 Å². The summed E-state index contributed by atoms with van der Waals surface area (Å²) < 4.78 is 18.9. The maximum Gasteiger partial charge on any atom is 0.363 e. The standard InChI is InChI=1S/C13H5Cl2FN2O2S/c14-10-9(21-13(15)18-10)5-8-12(19)20-11(17-8)6-3-1-2-4-7(6)16/h1-5H/b8-5-. The summed E-state index contributed by atoms with van der Waals surface area (Å²) in [6.45, 7) is 0. The number of carbonyl (C=O) groups excluding carboxylic acids is 1. The summed E-state index contributed by atoms with van der Waals surface area (Å²) in [5.74, 6) is -1.30. The minimum atomic E-state index is -0.686. The fourth-order valence-electron chi connectivity index (χ4n) is 1.66. The van der Waals surface area contributed by atoms with Crippen molar-refractivity contribution < 1.29 is 13.9 Å². The van der Waals surface area contributed by atoms with Gasteiger partial charge in [0.05, 0.1) is 10.4 Å². The van der Waals surface area contributed by atoms with Crippen LogP contribution in [0.2, 0.25) is 9.62 Å². The largest absolute Gasteiger partial charge is 0.402 e. The van der Waals surface area contributed by atoms with Crippen LogP contribution in [-0.2, 0) is 9.53 Å². The van der Waals surface area contributed by atoms with Gasteiger partial charge in [0.1, 0.15) is 11.0 Å². The maximum absolute atomic E-state index is 13.7. The lowest BCUT2D eigenvalue weighted by molar-refractivity contribution is -0.129. The molecule has 0 atom stereocenters. The molecule has 0 bridgehead atoms.